The van der Waals surface area contributed by atoms with Crippen molar-refractivity contribution in [3.8, 4) is 5.75 Å². The molecule has 0 aliphatic heterocycles. The summed E-state index contributed by atoms with van der Waals surface area (Å²) in [4.78, 5) is 11.8. The highest BCUT2D eigenvalue weighted by molar-refractivity contribution is 5.97. The Labute approximate surface area is 122 Å². The Morgan fingerprint density at radius 3 is 2.24 bits per heavy atom. The Hall–Kier alpha value is -2.23. The van der Waals surface area contributed by atoms with Crippen molar-refractivity contribution in [1.82, 2.24) is 0 Å². The van der Waals surface area contributed by atoms with Crippen molar-refractivity contribution in [2.45, 2.75) is 19.8 Å². The summed E-state index contributed by atoms with van der Waals surface area (Å²) in [6.07, 6.45) is 2.02. The van der Waals surface area contributed by atoms with Crippen LogP contribution >= 0.6 is 0 Å². The molecule has 0 unspecified atom stereocenters. The van der Waals surface area contributed by atoms with Crippen LogP contribution in [-0.4, -0.2) is 12.4 Å². The van der Waals surface area contributed by atoms with E-state index in [1.165, 1.54) is 11.6 Å². The fourth-order valence-electron chi connectivity index (χ4n) is 2.03. The van der Waals surface area contributed by atoms with E-state index < -0.39 is 29.6 Å². The van der Waals surface area contributed by atoms with Crippen LogP contribution < -0.4 is 4.74 Å². The van der Waals surface area contributed by atoms with Gasteiger partial charge in [0.2, 0.25) is 5.78 Å². The molecule has 0 spiro atoms. The average molecular weight is 290 g/mol. The third-order valence-corrected chi connectivity index (χ3v) is 3.07. The quantitative estimate of drug-likeness (QED) is 0.746. The van der Waals surface area contributed by atoms with Crippen LogP contribution in [0, 0.1) is 11.6 Å². The molecule has 0 aliphatic carbocycles. The lowest BCUT2D eigenvalue weighted by Gasteiger charge is -2.07. The lowest BCUT2D eigenvalue weighted by Crippen LogP contribution is -2.15. The first-order valence-electron chi connectivity index (χ1n) is 6.80. The highest BCUT2D eigenvalue weighted by atomic mass is 19.1. The van der Waals surface area contributed by atoms with Gasteiger partial charge in [0, 0.05) is 0 Å². The van der Waals surface area contributed by atoms with E-state index in [4.69, 9.17) is 4.74 Å². The minimum atomic E-state index is -0.873. The van der Waals surface area contributed by atoms with Gasteiger partial charge in [-0.2, -0.15) is 0 Å². The van der Waals surface area contributed by atoms with E-state index in [2.05, 4.69) is 6.92 Å². The van der Waals surface area contributed by atoms with Gasteiger partial charge in [-0.25, -0.2) is 8.78 Å². The fraction of sp³-hybridized carbons (Fsp3) is 0.235. The van der Waals surface area contributed by atoms with Gasteiger partial charge in [0.15, 0.2) is 6.61 Å². The van der Waals surface area contributed by atoms with E-state index in [1.54, 1.807) is 12.1 Å². The first-order valence-corrected chi connectivity index (χ1v) is 6.80. The molecule has 0 N–H and O–H groups in total. The van der Waals surface area contributed by atoms with Crippen LogP contribution in [0.1, 0.15) is 29.3 Å². The molecule has 0 fully saturated rings. The molecule has 2 nitrogen and oxygen atoms in total. The Balaban J connectivity index is 2.01. The predicted molar refractivity (Wildman–Crippen MR) is 76.6 cm³/mol. The second kappa shape index (κ2) is 6.97. The molecule has 0 bridgehead atoms. The predicted octanol–water partition coefficient (Wildman–Crippen LogP) is 4.18. The highest BCUT2D eigenvalue weighted by Gasteiger charge is 2.17. The van der Waals surface area contributed by atoms with Crippen LogP contribution in [0.5, 0.6) is 5.75 Å². The molecule has 0 heterocycles. The van der Waals surface area contributed by atoms with Gasteiger partial charge >= 0.3 is 0 Å². The Bertz CT molecular complexity index is 601. The Morgan fingerprint density at radius 1 is 1.05 bits per heavy atom. The highest BCUT2D eigenvalue weighted by Crippen LogP contribution is 2.16. The van der Waals surface area contributed by atoms with Gasteiger partial charge in [0.1, 0.15) is 17.4 Å². The van der Waals surface area contributed by atoms with Crippen molar-refractivity contribution >= 4 is 5.78 Å². The summed E-state index contributed by atoms with van der Waals surface area (Å²) in [6, 6.07) is 10.6. The van der Waals surface area contributed by atoms with Crippen molar-refractivity contribution in [3.63, 3.8) is 0 Å². The number of aryl methyl sites for hydroxylation is 1. The average Bonchev–Trinajstić information content (AvgIpc) is 2.47. The number of carbonyl (C=O) groups is 1. The molecule has 0 saturated carbocycles. The van der Waals surface area contributed by atoms with Gasteiger partial charge < -0.3 is 4.74 Å². The molecule has 0 radical (unpaired) electrons. The number of Topliss-reactive ketones (excluding diaryl/α,β-unsaturated/α-hetero) is 1. The van der Waals surface area contributed by atoms with E-state index in [0.29, 0.717) is 5.75 Å². The standard InChI is InChI=1S/C17H16F2O2/c1-2-4-12-7-9-13(10-8-12)21-11-16(20)17-14(18)5-3-6-15(17)19/h3,5-10H,2,4,11H2,1H3. The number of ketones is 1. The van der Waals surface area contributed by atoms with Crippen molar-refractivity contribution in [3.05, 3.63) is 65.2 Å². The number of benzene rings is 2. The molecule has 4 heteroatoms. The normalized spacial score (nSPS) is 10.4. The molecular formula is C17H16F2O2. The third-order valence-electron chi connectivity index (χ3n) is 3.07. The van der Waals surface area contributed by atoms with Gasteiger partial charge in [0.05, 0.1) is 5.56 Å². The summed E-state index contributed by atoms with van der Waals surface area (Å²) in [5, 5.41) is 0. The van der Waals surface area contributed by atoms with Crippen LogP contribution in [-0.2, 0) is 6.42 Å². The van der Waals surface area contributed by atoms with E-state index in [1.807, 2.05) is 12.1 Å². The lowest BCUT2D eigenvalue weighted by molar-refractivity contribution is 0.0913. The second-order valence-electron chi connectivity index (χ2n) is 4.70. The molecule has 110 valence electrons. The summed E-state index contributed by atoms with van der Waals surface area (Å²) in [6.45, 7) is 1.69. The molecular weight excluding hydrogens is 274 g/mol. The topological polar surface area (TPSA) is 26.3 Å². The summed E-state index contributed by atoms with van der Waals surface area (Å²) >= 11 is 0. The van der Waals surface area contributed by atoms with Crippen LogP contribution in [0.3, 0.4) is 0 Å². The second-order valence-corrected chi connectivity index (χ2v) is 4.70. The molecule has 0 aromatic heterocycles. The smallest absolute Gasteiger partial charge is 0.206 e. The molecule has 0 atom stereocenters. The van der Waals surface area contributed by atoms with E-state index in [-0.39, 0.29) is 0 Å². The number of hydrogen-bond acceptors (Lipinski definition) is 2. The van der Waals surface area contributed by atoms with Gasteiger partial charge in [-0.05, 0) is 36.2 Å². The number of rotatable bonds is 6. The van der Waals surface area contributed by atoms with Crippen LogP contribution in [0.2, 0.25) is 0 Å². The summed E-state index contributed by atoms with van der Waals surface area (Å²) in [5.41, 5.74) is 0.622. The molecule has 2 aromatic carbocycles. The fourth-order valence-corrected chi connectivity index (χ4v) is 2.03. The lowest BCUT2D eigenvalue weighted by atomic mass is 10.1. The Kier molecular flexibility index (Phi) is 5.04. The van der Waals surface area contributed by atoms with Gasteiger partial charge in [-0.3, -0.25) is 4.79 Å². The molecule has 2 aromatic rings. The van der Waals surface area contributed by atoms with E-state index in [0.717, 1.165) is 25.0 Å². The van der Waals surface area contributed by atoms with Crippen molar-refractivity contribution < 1.29 is 18.3 Å². The maximum atomic E-state index is 13.4. The van der Waals surface area contributed by atoms with Crippen LogP contribution in [0.15, 0.2) is 42.5 Å². The maximum Gasteiger partial charge on any atom is 0.206 e. The van der Waals surface area contributed by atoms with Gasteiger partial charge in [0.25, 0.3) is 0 Å². The zero-order valence-electron chi connectivity index (χ0n) is 11.7. The van der Waals surface area contributed by atoms with Crippen LogP contribution in [0.4, 0.5) is 8.78 Å². The zero-order valence-corrected chi connectivity index (χ0v) is 11.7. The first kappa shape index (κ1) is 15.2. The maximum absolute atomic E-state index is 13.4. The molecule has 21 heavy (non-hydrogen) atoms. The molecule has 0 saturated heterocycles. The van der Waals surface area contributed by atoms with Crippen molar-refractivity contribution in [1.29, 1.82) is 0 Å². The number of halogens is 2. The SMILES string of the molecule is CCCc1ccc(OCC(=O)c2c(F)cccc2F)cc1. The zero-order chi connectivity index (χ0) is 15.2. The van der Waals surface area contributed by atoms with Crippen LogP contribution in [0.25, 0.3) is 0 Å². The van der Waals surface area contributed by atoms with E-state index in [9.17, 15) is 13.6 Å². The third kappa shape index (κ3) is 3.88. The van der Waals surface area contributed by atoms with Gasteiger partial charge in [-0.15, -0.1) is 0 Å². The minimum Gasteiger partial charge on any atom is -0.485 e. The first-order chi connectivity index (χ1) is 10.1. The molecule has 0 amide bonds. The molecule has 0 aliphatic rings. The summed E-state index contributed by atoms with van der Waals surface area (Å²) < 4.78 is 32.2. The number of hydrogen-bond donors (Lipinski definition) is 0. The monoisotopic (exact) mass is 290 g/mol. The van der Waals surface area contributed by atoms with Crippen molar-refractivity contribution in [2.24, 2.45) is 0 Å². The summed E-state index contributed by atoms with van der Waals surface area (Å²) in [7, 11) is 0. The number of ether oxygens (including phenoxy) is 1. The summed E-state index contributed by atoms with van der Waals surface area (Å²) in [5.74, 6) is -1.97. The minimum absolute atomic E-state index is 0.398. The Morgan fingerprint density at radius 2 is 1.67 bits per heavy atom. The van der Waals surface area contributed by atoms with E-state index >= 15 is 0 Å². The largest absolute Gasteiger partial charge is 0.485 e. The molecule has 2 rings (SSSR count). The van der Waals surface area contributed by atoms with Gasteiger partial charge in [-0.1, -0.05) is 31.5 Å². The van der Waals surface area contributed by atoms with Crippen molar-refractivity contribution in [2.75, 3.05) is 6.61 Å². The number of carbonyl (C=O) groups excluding carboxylic acids is 1.